The molecule has 0 fully saturated rings. The molecule has 1 aliphatic carbocycles. The van der Waals surface area contributed by atoms with Gasteiger partial charge < -0.3 is 10.2 Å². The fraction of sp³-hybridized carbons (Fsp3) is 0.294. The first-order valence-electron chi connectivity index (χ1n) is 7.18. The van der Waals surface area contributed by atoms with Crippen LogP contribution in [0.5, 0.6) is 0 Å². The van der Waals surface area contributed by atoms with Crippen LogP contribution in [0, 0.1) is 0 Å². The molecular weight excluding hydrogens is 262 g/mol. The number of aryl methyl sites for hydroxylation is 1. The third-order valence-electron chi connectivity index (χ3n) is 3.89. The van der Waals surface area contributed by atoms with E-state index in [2.05, 4.69) is 22.4 Å². The molecule has 0 unspecified atom stereocenters. The zero-order valence-corrected chi connectivity index (χ0v) is 12.3. The number of fused-ring (bicyclic) bond motifs is 1. The lowest BCUT2D eigenvalue weighted by Gasteiger charge is -2.18. The number of hydrogen-bond acceptors (Lipinski definition) is 3. The van der Waals surface area contributed by atoms with E-state index in [1.54, 1.807) is 12.3 Å². The molecule has 1 N–H and O–H groups in total. The van der Waals surface area contributed by atoms with Crippen LogP contribution in [0.1, 0.15) is 33.9 Å². The monoisotopic (exact) mass is 281 g/mol. The van der Waals surface area contributed by atoms with E-state index in [0.29, 0.717) is 11.4 Å². The number of hydrogen-bond donors (Lipinski definition) is 1. The van der Waals surface area contributed by atoms with E-state index < -0.39 is 0 Å². The van der Waals surface area contributed by atoms with Gasteiger partial charge in [0.1, 0.15) is 5.82 Å². The average Bonchev–Trinajstić information content (AvgIpc) is 2.90. The lowest BCUT2D eigenvalue weighted by Crippen LogP contribution is -2.29. The quantitative estimate of drug-likeness (QED) is 0.940. The van der Waals surface area contributed by atoms with Crippen molar-refractivity contribution in [1.82, 2.24) is 10.3 Å². The van der Waals surface area contributed by atoms with Crippen LogP contribution in [-0.4, -0.2) is 25.0 Å². The van der Waals surface area contributed by atoms with Crippen molar-refractivity contribution in [1.29, 1.82) is 0 Å². The Morgan fingerprint density at radius 3 is 2.86 bits per heavy atom. The van der Waals surface area contributed by atoms with Gasteiger partial charge in [0.2, 0.25) is 0 Å². The predicted octanol–water partition coefficient (Wildman–Crippen LogP) is 2.56. The van der Waals surface area contributed by atoms with Gasteiger partial charge in [0, 0.05) is 20.3 Å². The lowest BCUT2D eigenvalue weighted by molar-refractivity contribution is 0.0937. The van der Waals surface area contributed by atoms with E-state index >= 15 is 0 Å². The molecule has 1 aromatic carbocycles. The molecule has 21 heavy (non-hydrogen) atoms. The minimum atomic E-state index is -0.0616. The molecule has 1 aliphatic rings. The van der Waals surface area contributed by atoms with Gasteiger partial charge in [-0.3, -0.25) is 4.79 Å². The molecule has 0 spiro atoms. The van der Waals surface area contributed by atoms with Crippen molar-refractivity contribution >= 4 is 11.7 Å². The number of pyridine rings is 1. The van der Waals surface area contributed by atoms with Crippen molar-refractivity contribution < 1.29 is 4.79 Å². The van der Waals surface area contributed by atoms with Crippen molar-refractivity contribution in [2.75, 3.05) is 19.0 Å². The number of nitrogens with one attached hydrogen (secondary N) is 1. The number of anilines is 1. The third-order valence-corrected chi connectivity index (χ3v) is 3.89. The first-order chi connectivity index (χ1) is 10.2. The standard InChI is InChI=1S/C17H19N3O/c1-20(2)16-14(8-5-11-18-16)17(21)19-15-10-9-12-6-3-4-7-13(12)15/h3-8,11,15H,9-10H2,1-2H3,(H,19,21)/t15-/m0/s1. The Morgan fingerprint density at radius 2 is 2.05 bits per heavy atom. The summed E-state index contributed by atoms with van der Waals surface area (Å²) in [6.45, 7) is 0. The number of carbonyl (C=O) groups excluding carboxylic acids is 1. The molecule has 108 valence electrons. The van der Waals surface area contributed by atoms with Crippen molar-refractivity contribution in [3.63, 3.8) is 0 Å². The molecule has 1 heterocycles. The van der Waals surface area contributed by atoms with E-state index in [9.17, 15) is 4.79 Å². The zero-order chi connectivity index (χ0) is 14.8. The van der Waals surface area contributed by atoms with Crippen LogP contribution < -0.4 is 10.2 Å². The third kappa shape index (κ3) is 2.61. The zero-order valence-electron chi connectivity index (χ0n) is 12.3. The smallest absolute Gasteiger partial charge is 0.255 e. The van der Waals surface area contributed by atoms with Gasteiger partial charge in [0.15, 0.2) is 0 Å². The van der Waals surface area contributed by atoms with E-state index in [1.807, 2.05) is 37.2 Å². The molecule has 0 bridgehead atoms. The van der Waals surface area contributed by atoms with Crippen molar-refractivity contribution in [2.45, 2.75) is 18.9 Å². The number of benzene rings is 1. The SMILES string of the molecule is CN(C)c1ncccc1C(=O)N[C@H]1CCc2ccccc21. The number of rotatable bonds is 3. The summed E-state index contributed by atoms with van der Waals surface area (Å²) < 4.78 is 0. The van der Waals surface area contributed by atoms with Crippen LogP contribution in [0.15, 0.2) is 42.6 Å². The summed E-state index contributed by atoms with van der Waals surface area (Å²) in [5.74, 6) is 0.634. The summed E-state index contributed by atoms with van der Waals surface area (Å²) in [6, 6.07) is 12.0. The fourth-order valence-electron chi connectivity index (χ4n) is 2.87. The Morgan fingerprint density at radius 1 is 1.24 bits per heavy atom. The van der Waals surface area contributed by atoms with Gasteiger partial charge in [0.05, 0.1) is 11.6 Å². The number of amides is 1. The topological polar surface area (TPSA) is 45.2 Å². The Labute approximate surface area is 124 Å². The van der Waals surface area contributed by atoms with Gasteiger partial charge in [-0.1, -0.05) is 24.3 Å². The number of aromatic nitrogens is 1. The summed E-state index contributed by atoms with van der Waals surface area (Å²) >= 11 is 0. The molecular formula is C17H19N3O. The highest BCUT2D eigenvalue weighted by Crippen LogP contribution is 2.31. The number of carbonyl (C=O) groups is 1. The summed E-state index contributed by atoms with van der Waals surface area (Å²) in [4.78, 5) is 18.7. The Hall–Kier alpha value is -2.36. The highest BCUT2D eigenvalue weighted by Gasteiger charge is 2.25. The summed E-state index contributed by atoms with van der Waals surface area (Å²) in [5, 5.41) is 3.14. The van der Waals surface area contributed by atoms with Gasteiger partial charge >= 0.3 is 0 Å². The Kier molecular flexibility index (Phi) is 3.60. The molecule has 1 amide bonds. The van der Waals surface area contributed by atoms with Gasteiger partial charge in [-0.05, 0) is 36.1 Å². The molecule has 4 heteroatoms. The molecule has 0 radical (unpaired) electrons. The second kappa shape index (κ2) is 5.56. The largest absolute Gasteiger partial charge is 0.362 e. The molecule has 4 nitrogen and oxygen atoms in total. The lowest BCUT2D eigenvalue weighted by atomic mass is 10.1. The van der Waals surface area contributed by atoms with Crippen molar-refractivity contribution in [3.8, 4) is 0 Å². The molecule has 1 aromatic heterocycles. The van der Waals surface area contributed by atoms with Gasteiger partial charge in [-0.2, -0.15) is 0 Å². The fourth-order valence-corrected chi connectivity index (χ4v) is 2.87. The Balaban J connectivity index is 1.82. The number of nitrogens with zero attached hydrogens (tertiary/aromatic N) is 2. The maximum Gasteiger partial charge on any atom is 0.255 e. The predicted molar refractivity (Wildman–Crippen MR) is 83.5 cm³/mol. The van der Waals surface area contributed by atoms with E-state index in [0.717, 1.165) is 12.8 Å². The van der Waals surface area contributed by atoms with Crippen LogP contribution in [0.4, 0.5) is 5.82 Å². The molecule has 0 saturated heterocycles. The second-order valence-electron chi connectivity index (χ2n) is 5.53. The molecule has 3 rings (SSSR count). The van der Waals surface area contributed by atoms with E-state index in [1.165, 1.54) is 11.1 Å². The maximum absolute atomic E-state index is 12.6. The Bertz CT molecular complexity index is 667. The molecule has 1 atom stereocenters. The van der Waals surface area contributed by atoms with Crippen LogP contribution in [-0.2, 0) is 6.42 Å². The van der Waals surface area contributed by atoms with Crippen LogP contribution in [0.3, 0.4) is 0 Å². The minimum Gasteiger partial charge on any atom is -0.362 e. The van der Waals surface area contributed by atoms with Gasteiger partial charge in [0.25, 0.3) is 5.91 Å². The second-order valence-corrected chi connectivity index (χ2v) is 5.53. The van der Waals surface area contributed by atoms with Crippen molar-refractivity contribution in [3.05, 3.63) is 59.3 Å². The summed E-state index contributed by atoms with van der Waals surface area (Å²) in [5.41, 5.74) is 3.19. The summed E-state index contributed by atoms with van der Waals surface area (Å²) in [7, 11) is 3.79. The molecule has 0 aliphatic heterocycles. The van der Waals surface area contributed by atoms with E-state index in [4.69, 9.17) is 0 Å². The molecule has 2 aromatic rings. The summed E-state index contributed by atoms with van der Waals surface area (Å²) in [6.07, 6.45) is 3.69. The first kappa shape index (κ1) is 13.6. The maximum atomic E-state index is 12.6. The highest BCUT2D eigenvalue weighted by atomic mass is 16.1. The molecule has 0 saturated carbocycles. The highest BCUT2D eigenvalue weighted by molar-refractivity contribution is 5.99. The van der Waals surface area contributed by atoms with Gasteiger partial charge in [-0.25, -0.2) is 4.98 Å². The van der Waals surface area contributed by atoms with Crippen molar-refractivity contribution in [2.24, 2.45) is 0 Å². The minimum absolute atomic E-state index is 0.0616. The van der Waals surface area contributed by atoms with E-state index in [-0.39, 0.29) is 11.9 Å². The normalized spacial score (nSPS) is 16.4. The van der Waals surface area contributed by atoms with Crippen LogP contribution >= 0.6 is 0 Å². The van der Waals surface area contributed by atoms with Crippen LogP contribution in [0.25, 0.3) is 0 Å². The average molecular weight is 281 g/mol. The van der Waals surface area contributed by atoms with Crippen LogP contribution in [0.2, 0.25) is 0 Å². The first-order valence-corrected chi connectivity index (χ1v) is 7.18. The van der Waals surface area contributed by atoms with Gasteiger partial charge in [-0.15, -0.1) is 0 Å².